The molecule has 0 unspecified atom stereocenters. The SMILES string of the molecule is CCCC[N+]1(CCN(CC[N+]2(CCCC)CCCC2)CC[N+]2(CCCC)CCCC2)CCCC1. The molecule has 4 nitrogen and oxygen atoms in total. The highest BCUT2D eigenvalue weighted by atomic mass is 15.4. The zero-order valence-corrected chi connectivity index (χ0v) is 23.9. The van der Waals surface area contributed by atoms with Gasteiger partial charge in [-0.2, -0.15) is 0 Å². The van der Waals surface area contributed by atoms with Crippen LogP contribution in [0.15, 0.2) is 0 Å². The highest BCUT2D eigenvalue weighted by Crippen LogP contribution is 2.24. The number of hydrogen-bond acceptors (Lipinski definition) is 1. The molecule has 0 aromatic rings. The first-order valence-electron chi connectivity index (χ1n) is 15.9. The van der Waals surface area contributed by atoms with E-state index in [9.17, 15) is 0 Å². The van der Waals surface area contributed by atoms with Crippen LogP contribution in [0, 0.1) is 0 Å². The molecule has 3 fully saturated rings. The molecular formula is C30H63N4+3. The Morgan fingerprint density at radius 1 is 0.412 bits per heavy atom. The van der Waals surface area contributed by atoms with Crippen molar-refractivity contribution in [1.29, 1.82) is 0 Å². The minimum Gasteiger partial charge on any atom is -0.323 e. The number of unbranched alkanes of at least 4 members (excludes halogenated alkanes) is 3. The molecule has 4 heteroatoms. The van der Waals surface area contributed by atoms with Crippen molar-refractivity contribution < 1.29 is 13.4 Å². The third-order valence-electron chi connectivity index (χ3n) is 10.2. The minimum atomic E-state index is 1.35. The number of nitrogens with zero attached hydrogens (tertiary/aromatic N) is 4. The van der Waals surface area contributed by atoms with Gasteiger partial charge in [0, 0.05) is 58.2 Å². The van der Waals surface area contributed by atoms with Gasteiger partial charge in [-0.25, -0.2) is 0 Å². The summed E-state index contributed by atoms with van der Waals surface area (Å²) in [5, 5.41) is 0. The van der Waals surface area contributed by atoms with Gasteiger partial charge >= 0.3 is 0 Å². The largest absolute Gasteiger partial charge is 0.323 e. The lowest BCUT2D eigenvalue weighted by atomic mass is 10.2. The quantitative estimate of drug-likeness (QED) is 0.234. The molecule has 3 rings (SSSR count). The van der Waals surface area contributed by atoms with E-state index in [0.717, 1.165) is 0 Å². The van der Waals surface area contributed by atoms with Gasteiger partial charge in [0.2, 0.25) is 0 Å². The molecular weight excluding hydrogens is 416 g/mol. The summed E-state index contributed by atoms with van der Waals surface area (Å²) in [6.45, 7) is 28.5. The molecule has 0 aliphatic carbocycles. The van der Waals surface area contributed by atoms with Crippen molar-refractivity contribution in [3.05, 3.63) is 0 Å². The van der Waals surface area contributed by atoms with Gasteiger partial charge in [-0.3, -0.25) is 4.90 Å². The van der Waals surface area contributed by atoms with E-state index in [-0.39, 0.29) is 0 Å². The summed E-state index contributed by atoms with van der Waals surface area (Å²) in [6.07, 6.45) is 17.2. The Balaban J connectivity index is 1.62. The van der Waals surface area contributed by atoms with Crippen LogP contribution >= 0.6 is 0 Å². The minimum absolute atomic E-state index is 1.35. The van der Waals surface area contributed by atoms with E-state index < -0.39 is 0 Å². The first-order chi connectivity index (χ1) is 16.6. The lowest BCUT2D eigenvalue weighted by Crippen LogP contribution is -2.55. The summed E-state index contributed by atoms with van der Waals surface area (Å²) >= 11 is 0. The van der Waals surface area contributed by atoms with Crippen LogP contribution in [0.25, 0.3) is 0 Å². The smallest absolute Gasteiger partial charge is 0.0915 e. The summed E-state index contributed by atoms with van der Waals surface area (Å²) < 4.78 is 4.32. The molecule has 0 bridgehead atoms. The van der Waals surface area contributed by atoms with E-state index in [4.69, 9.17) is 0 Å². The van der Waals surface area contributed by atoms with Crippen molar-refractivity contribution in [2.45, 2.75) is 97.8 Å². The summed E-state index contributed by atoms with van der Waals surface area (Å²) in [6, 6.07) is 0. The first-order valence-corrected chi connectivity index (χ1v) is 15.9. The second kappa shape index (κ2) is 14.5. The molecule has 3 heterocycles. The Morgan fingerprint density at radius 2 is 0.676 bits per heavy atom. The highest BCUT2D eigenvalue weighted by molar-refractivity contribution is 4.66. The maximum Gasteiger partial charge on any atom is 0.0915 e. The molecule has 0 amide bonds. The average Bonchev–Trinajstić information content (AvgIpc) is 3.62. The average molecular weight is 480 g/mol. The second-order valence-electron chi connectivity index (χ2n) is 12.7. The summed E-state index contributed by atoms with van der Waals surface area (Å²) in [7, 11) is 0. The van der Waals surface area contributed by atoms with Crippen molar-refractivity contribution in [1.82, 2.24) is 4.90 Å². The monoisotopic (exact) mass is 480 g/mol. The summed E-state index contributed by atoms with van der Waals surface area (Å²) in [5.41, 5.74) is 0. The Bertz CT molecular complexity index is 454. The molecule has 3 aliphatic rings. The van der Waals surface area contributed by atoms with Crippen molar-refractivity contribution in [3.8, 4) is 0 Å². The topological polar surface area (TPSA) is 3.24 Å². The fraction of sp³-hybridized carbons (Fsp3) is 1.00. The molecule has 0 atom stereocenters. The predicted molar refractivity (Wildman–Crippen MR) is 148 cm³/mol. The summed E-state index contributed by atoms with van der Waals surface area (Å²) in [5.74, 6) is 0. The van der Waals surface area contributed by atoms with Gasteiger partial charge in [0.15, 0.2) is 0 Å². The van der Waals surface area contributed by atoms with E-state index >= 15 is 0 Å². The van der Waals surface area contributed by atoms with Gasteiger partial charge < -0.3 is 13.4 Å². The van der Waals surface area contributed by atoms with Crippen LogP contribution in [0.1, 0.15) is 97.8 Å². The number of rotatable bonds is 18. The summed E-state index contributed by atoms with van der Waals surface area (Å²) in [4.78, 5) is 2.97. The molecule has 0 N–H and O–H groups in total. The van der Waals surface area contributed by atoms with E-state index in [0.29, 0.717) is 0 Å². The maximum atomic E-state index is 2.97. The van der Waals surface area contributed by atoms with Crippen LogP contribution in [0.5, 0.6) is 0 Å². The standard InChI is InChI=1S/C30H63N4/c1-4-7-19-32(22-10-11-23-32)28-16-31(17-29-33(20-8-5-2)24-12-13-25-33)18-30-34(21-9-6-3)26-14-15-27-34/h4-30H2,1-3H3/q+3. The zero-order valence-electron chi connectivity index (χ0n) is 23.9. The normalized spacial score (nSPS) is 23.3. The van der Waals surface area contributed by atoms with Crippen LogP contribution in [-0.2, 0) is 0 Å². The molecule has 0 aromatic heterocycles. The van der Waals surface area contributed by atoms with Crippen molar-refractivity contribution in [2.75, 3.05) is 98.2 Å². The Hall–Kier alpha value is -0.160. The molecule has 0 aromatic carbocycles. The number of quaternary nitrogens is 3. The van der Waals surface area contributed by atoms with Crippen LogP contribution < -0.4 is 0 Å². The van der Waals surface area contributed by atoms with Crippen LogP contribution in [0.2, 0.25) is 0 Å². The van der Waals surface area contributed by atoms with Crippen molar-refractivity contribution in [3.63, 3.8) is 0 Å². The zero-order chi connectivity index (χ0) is 24.2. The van der Waals surface area contributed by atoms with Crippen molar-refractivity contribution in [2.24, 2.45) is 0 Å². The fourth-order valence-electron chi connectivity index (χ4n) is 7.57. The van der Waals surface area contributed by atoms with E-state index in [1.807, 2.05) is 0 Å². The van der Waals surface area contributed by atoms with Crippen LogP contribution in [-0.4, -0.2) is 117 Å². The van der Waals surface area contributed by atoms with E-state index in [2.05, 4.69) is 25.7 Å². The Kier molecular flexibility index (Phi) is 12.2. The molecule has 34 heavy (non-hydrogen) atoms. The molecule has 0 saturated carbocycles. The Morgan fingerprint density at radius 3 is 0.912 bits per heavy atom. The van der Waals surface area contributed by atoms with E-state index in [1.54, 1.807) is 0 Å². The molecule has 200 valence electrons. The number of hydrogen-bond donors (Lipinski definition) is 0. The van der Waals surface area contributed by atoms with Gasteiger partial charge in [0.25, 0.3) is 0 Å². The lowest BCUT2D eigenvalue weighted by Gasteiger charge is -2.40. The molecule has 3 saturated heterocycles. The van der Waals surface area contributed by atoms with Crippen LogP contribution in [0.4, 0.5) is 0 Å². The highest BCUT2D eigenvalue weighted by Gasteiger charge is 2.36. The molecule has 0 radical (unpaired) electrons. The predicted octanol–water partition coefficient (Wildman–Crippen LogP) is 5.52. The van der Waals surface area contributed by atoms with E-state index in [1.165, 1.54) is 189 Å². The molecule has 3 aliphatic heterocycles. The van der Waals surface area contributed by atoms with Gasteiger partial charge in [-0.05, 0) is 19.3 Å². The van der Waals surface area contributed by atoms with Gasteiger partial charge in [0.1, 0.15) is 0 Å². The van der Waals surface area contributed by atoms with Gasteiger partial charge in [0.05, 0.1) is 78.5 Å². The molecule has 0 spiro atoms. The van der Waals surface area contributed by atoms with Crippen LogP contribution in [0.3, 0.4) is 0 Å². The van der Waals surface area contributed by atoms with Gasteiger partial charge in [-0.15, -0.1) is 0 Å². The fourth-order valence-corrected chi connectivity index (χ4v) is 7.57. The third kappa shape index (κ3) is 8.46. The second-order valence-corrected chi connectivity index (χ2v) is 12.7. The van der Waals surface area contributed by atoms with Gasteiger partial charge in [-0.1, -0.05) is 40.0 Å². The number of likely N-dealkylation sites (tertiary alicyclic amines) is 3. The third-order valence-corrected chi connectivity index (χ3v) is 10.2. The Labute approximate surface area is 214 Å². The van der Waals surface area contributed by atoms with Crippen molar-refractivity contribution >= 4 is 0 Å². The lowest BCUT2D eigenvalue weighted by molar-refractivity contribution is -0.921. The maximum absolute atomic E-state index is 2.97. The first kappa shape index (κ1) is 28.4.